The molecular weight excluding hydrogens is 276 g/mol. The van der Waals surface area contributed by atoms with Crippen molar-refractivity contribution in [1.29, 1.82) is 0 Å². The van der Waals surface area contributed by atoms with Gasteiger partial charge in [0.2, 0.25) is 0 Å². The lowest BCUT2D eigenvalue weighted by molar-refractivity contribution is -0.258. The molecule has 20 heavy (non-hydrogen) atoms. The summed E-state index contributed by atoms with van der Waals surface area (Å²) in [6.07, 6.45) is -12.9. The molecule has 2 fully saturated rings. The molecule has 118 valence electrons. The molecule has 2 rings (SSSR count). The van der Waals surface area contributed by atoms with Gasteiger partial charge in [0, 0.05) is 0 Å². The lowest BCUT2D eigenvalue weighted by Crippen LogP contribution is -2.64. The predicted molar refractivity (Wildman–Crippen MR) is 61.5 cm³/mol. The molecular formula is C11H20O9. The van der Waals surface area contributed by atoms with E-state index in [0.29, 0.717) is 0 Å². The minimum atomic E-state index is -1.58. The molecule has 0 bridgehead atoms. The largest absolute Gasteiger partial charge is 0.388 e. The Morgan fingerprint density at radius 2 is 1.00 bits per heavy atom. The number of hydrogen-bond acceptors (Lipinski definition) is 9. The molecule has 2 aliphatic rings. The summed E-state index contributed by atoms with van der Waals surface area (Å²) in [6.45, 7) is -0.595. The molecule has 0 saturated carbocycles. The molecule has 9 heteroatoms. The second kappa shape index (κ2) is 6.18. The quantitative estimate of drug-likeness (QED) is 0.265. The van der Waals surface area contributed by atoms with Crippen LogP contribution in [0, 0.1) is 0 Å². The van der Waals surface area contributed by atoms with Crippen LogP contribution in [0.5, 0.6) is 0 Å². The van der Waals surface area contributed by atoms with E-state index >= 15 is 0 Å². The summed E-state index contributed by atoms with van der Waals surface area (Å²) >= 11 is 0. The van der Waals surface area contributed by atoms with Crippen molar-refractivity contribution in [2.45, 2.75) is 54.9 Å². The number of ether oxygens (including phenoxy) is 2. The Bertz CT molecular complexity index is 297. The van der Waals surface area contributed by atoms with Crippen LogP contribution in [-0.4, -0.2) is 104 Å². The predicted octanol–water partition coefficient (Wildman–Crippen LogP) is -4.69. The SMILES string of the molecule is OC(C1OC[C@@H](O)[C@H](O)[C@H]1O)C1OC[C@@H](O)[C@H](O)[C@H]1O. The van der Waals surface area contributed by atoms with E-state index in [-0.39, 0.29) is 13.2 Å². The van der Waals surface area contributed by atoms with Crippen LogP contribution in [0.25, 0.3) is 0 Å². The van der Waals surface area contributed by atoms with E-state index in [1.54, 1.807) is 0 Å². The van der Waals surface area contributed by atoms with Gasteiger partial charge < -0.3 is 45.2 Å². The van der Waals surface area contributed by atoms with Crippen molar-refractivity contribution in [2.24, 2.45) is 0 Å². The van der Waals surface area contributed by atoms with Crippen molar-refractivity contribution in [2.75, 3.05) is 13.2 Å². The summed E-state index contributed by atoms with van der Waals surface area (Å²) in [6, 6.07) is 0. The zero-order valence-electron chi connectivity index (χ0n) is 10.6. The Labute approximate surface area is 114 Å². The molecule has 0 radical (unpaired) electrons. The first-order chi connectivity index (χ1) is 9.34. The first-order valence-corrected chi connectivity index (χ1v) is 6.34. The van der Waals surface area contributed by atoms with Gasteiger partial charge in [-0.15, -0.1) is 0 Å². The Morgan fingerprint density at radius 3 is 1.35 bits per heavy atom. The second-order valence-corrected chi connectivity index (χ2v) is 5.18. The number of aliphatic hydroxyl groups is 7. The lowest BCUT2D eigenvalue weighted by Gasteiger charge is -2.43. The molecule has 2 aliphatic heterocycles. The number of hydrogen-bond donors (Lipinski definition) is 7. The van der Waals surface area contributed by atoms with Crippen molar-refractivity contribution >= 4 is 0 Å². The highest BCUT2D eigenvalue weighted by Gasteiger charge is 2.48. The maximum atomic E-state index is 10.1. The Morgan fingerprint density at radius 1 is 0.650 bits per heavy atom. The third-order valence-electron chi connectivity index (χ3n) is 3.75. The fourth-order valence-electron chi connectivity index (χ4n) is 2.45. The van der Waals surface area contributed by atoms with Gasteiger partial charge in [0.05, 0.1) is 13.2 Å². The maximum absolute atomic E-state index is 10.1. The molecule has 0 aromatic heterocycles. The van der Waals surface area contributed by atoms with E-state index in [9.17, 15) is 35.7 Å². The average molecular weight is 296 g/mol. The van der Waals surface area contributed by atoms with Crippen LogP contribution in [0.1, 0.15) is 0 Å². The van der Waals surface area contributed by atoms with E-state index in [0.717, 1.165) is 0 Å². The summed E-state index contributed by atoms with van der Waals surface area (Å²) in [5.41, 5.74) is 0. The van der Waals surface area contributed by atoms with Crippen LogP contribution in [0.3, 0.4) is 0 Å². The third-order valence-corrected chi connectivity index (χ3v) is 3.75. The van der Waals surface area contributed by atoms with Crippen molar-refractivity contribution in [3.63, 3.8) is 0 Å². The van der Waals surface area contributed by atoms with E-state index in [4.69, 9.17) is 9.47 Å². The van der Waals surface area contributed by atoms with Crippen molar-refractivity contribution in [3.05, 3.63) is 0 Å². The van der Waals surface area contributed by atoms with E-state index < -0.39 is 54.9 Å². The zero-order chi connectivity index (χ0) is 15.0. The third kappa shape index (κ3) is 2.82. The molecule has 0 aromatic rings. The fraction of sp³-hybridized carbons (Fsp3) is 1.00. The Balaban J connectivity index is 2.05. The fourth-order valence-corrected chi connectivity index (χ4v) is 2.45. The van der Waals surface area contributed by atoms with Gasteiger partial charge >= 0.3 is 0 Å². The average Bonchev–Trinajstić information content (AvgIpc) is 2.42. The molecule has 2 saturated heterocycles. The zero-order valence-corrected chi connectivity index (χ0v) is 10.6. The van der Waals surface area contributed by atoms with Gasteiger partial charge in [0.15, 0.2) is 0 Å². The first kappa shape index (κ1) is 16.0. The number of rotatable bonds is 2. The summed E-state index contributed by atoms with van der Waals surface area (Å²) in [5, 5.41) is 67.3. The Kier molecular flexibility index (Phi) is 4.95. The Hall–Kier alpha value is -0.360. The van der Waals surface area contributed by atoms with Crippen LogP contribution in [0.4, 0.5) is 0 Å². The molecule has 0 spiro atoms. The highest BCUT2D eigenvalue weighted by Crippen LogP contribution is 2.25. The van der Waals surface area contributed by atoms with Gasteiger partial charge in [0.1, 0.15) is 54.9 Å². The van der Waals surface area contributed by atoms with Gasteiger partial charge in [0.25, 0.3) is 0 Å². The van der Waals surface area contributed by atoms with Crippen molar-refractivity contribution < 1.29 is 45.2 Å². The van der Waals surface area contributed by atoms with E-state index in [1.165, 1.54) is 0 Å². The molecule has 2 heterocycles. The summed E-state index contributed by atoms with van der Waals surface area (Å²) in [5.74, 6) is 0. The van der Waals surface area contributed by atoms with Gasteiger partial charge in [-0.3, -0.25) is 0 Å². The van der Waals surface area contributed by atoms with Gasteiger partial charge in [-0.25, -0.2) is 0 Å². The molecule has 0 aliphatic carbocycles. The molecule has 9 nitrogen and oxygen atoms in total. The second-order valence-electron chi connectivity index (χ2n) is 5.18. The van der Waals surface area contributed by atoms with E-state index in [1.807, 2.05) is 0 Å². The summed E-state index contributed by atoms with van der Waals surface area (Å²) < 4.78 is 10.1. The first-order valence-electron chi connectivity index (χ1n) is 6.34. The lowest BCUT2D eigenvalue weighted by atomic mass is 9.88. The summed E-state index contributed by atoms with van der Waals surface area (Å²) in [7, 11) is 0. The van der Waals surface area contributed by atoms with Crippen LogP contribution < -0.4 is 0 Å². The van der Waals surface area contributed by atoms with Crippen LogP contribution in [0.15, 0.2) is 0 Å². The topological polar surface area (TPSA) is 160 Å². The van der Waals surface area contributed by atoms with E-state index in [2.05, 4.69) is 0 Å². The van der Waals surface area contributed by atoms with Crippen LogP contribution in [0.2, 0.25) is 0 Å². The molecule has 7 N–H and O–H groups in total. The molecule has 0 amide bonds. The van der Waals surface area contributed by atoms with Gasteiger partial charge in [-0.2, -0.15) is 0 Å². The smallest absolute Gasteiger partial charge is 0.115 e. The highest BCUT2D eigenvalue weighted by atomic mass is 16.6. The molecule has 2 unspecified atom stereocenters. The molecule has 8 atom stereocenters. The summed E-state index contributed by atoms with van der Waals surface area (Å²) in [4.78, 5) is 0. The highest BCUT2D eigenvalue weighted by molar-refractivity contribution is 4.98. The molecule has 0 aromatic carbocycles. The van der Waals surface area contributed by atoms with Crippen LogP contribution in [-0.2, 0) is 9.47 Å². The standard InChI is InChI=1S/C11H20O9/c12-3-1-19-10(7(16)5(3)14)9(18)11-8(17)6(15)4(13)2-20-11/h3-18H,1-2H2/t3-,4-,5+,6+,7-,8-,9?,10?,11?/m1/s1. The van der Waals surface area contributed by atoms with Gasteiger partial charge in [-0.1, -0.05) is 0 Å². The maximum Gasteiger partial charge on any atom is 0.115 e. The van der Waals surface area contributed by atoms with Crippen LogP contribution >= 0.6 is 0 Å². The normalized spacial score (nSPS) is 51.8. The van der Waals surface area contributed by atoms with Crippen molar-refractivity contribution in [3.8, 4) is 0 Å². The number of aliphatic hydroxyl groups excluding tert-OH is 7. The minimum Gasteiger partial charge on any atom is -0.388 e. The monoisotopic (exact) mass is 296 g/mol. The minimum absolute atomic E-state index is 0.298. The van der Waals surface area contributed by atoms with Crippen molar-refractivity contribution in [1.82, 2.24) is 0 Å². The van der Waals surface area contributed by atoms with Gasteiger partial charge in [-0.05, 0) is 0 Å².